The van der Waals surface area contributed by atoms with Crippen LogP contribution in [-0.4, -0.2) is 81.7 Å². The van der Waals surface area contributed by atoms with Crippen LogP contribution >= 0.6 is 0 Å². The van der Waals surface area contributed by atoms with Gasteiger partial charge in [-0.25, -0.2) is 32.0 Å². The average molecular weight is 617 g/mol. The first-order chi connectivity index (χ1) is 20.8. The summed E-state index contributed by atoms with van der Waals surface area (Å²) < 4.78 is 65.9. The number of rotatable bonds is 7. The number of nitrogens with one attached hydrogen (secondary N) is 1. The van der Waals surface area contributed by atoms with Crippen LogP contribution in [0, 0.1) is 28.8 Å². The van der Waals surface area contributed by atoms with Crippen LogP contribution in [0.15, 0.2) is 42.5 Å². The molecule has 5 rings (SSSR count). The molecule has 12 heteroatoms. The molecule has 0 bridgehead atoms. The second-order valence-corrected chi connectivity index (χ2v) is 13.0. The van der Waals surface area contributed by atoms with Crippen molar-refractivity contribution in [2.24, 2.45) is 11.3 Å². The van der Waals surface area contributed by atoms with Crippen molar-refractivity contribution in [1.82, 2.24) is 29.9 Å². The molecule has 8 nitrogen and oxygen atoms in total. The normalized spacial score (nSPS) is 23.2. The first-order valence-corrected chi connectivity index (χ1v) is 15.0. The fraction of sp³-hybridized carbons (Fsp3) is 0.531. The van der Waals surface area contributed by atoms with E-state index < -0.39 is 41.0 Å². The molecule has 0 aliphatic carbocycles. The standard InChI is InChI=1S/C32H40F4N6O2/c1-19-15-40(16-20(2)44-19)31(43)41(18-22-13-37-14-27(22)36)28(32(3,4)5)30-38-29(25-12-24(34)9-10-26(25)35)39-42(30)17-21-7-6-8-23(33)11-21/h6-12,19-20,22,27-28,37H,13-18H2,1-5H3/t19-,20+,22-,27+,28+/m1/s1. The summed E-state index contributed by atoms with van der Waals surface area (Å²) in [5.74, 6) is -2.07. The number of hydrogen-bond donors (Lipinski definition) is 1. The van der Waals surface area contributed by atoms with E-state index in [9.17, 15) is 18.0 Å². The lowest BCUT2D eigenvalue weighted by atomic mass is 9.84. The zero-order valence-electron chi connectivity index (χ0n) is 25.7. The Morgan fingerprint density at radius 3 is 2.41 bits per heavy atom. The number of amides is 2. The van der Waals surface area contributed by atoms with Crippen LogP contribution in [0.4, 0.5) is 22.4 Å². The van der Waals surface area contributed by atoms with Gasteiger partial charge < -0.3 is 19.9 Å². The summed E-state index contributed by atoms with van der Waals surface area (Å²) in [6.07, 6.45) is -1.55. The number of benzene rings is 2. The summed E-state index contributed by atoms with van der Waals surface area (Å²) in [4.78, 5) is 22.6. The van der Waals surface area contributed by atoms with Crippen LogP contribution in [0.2, 0.25) is 0 Å². The van der Waals surface area contributed by atoms with Gasteiger partial charge in [-0.1, -0.05) is 32.9 Å². The maximum Gasteiger partial charge on any atom is 0.320 e. The van der Waals surface area contributed by atoms with Gasteiger partial charge in [0.15, 0.2) is 11.6 Å². The van der Waals surface area contributed by atoms with Crippen LogP contribution in [0.1, 0.15) is 52.0 Å². The molecule has 2 aliphatic heterocycles. The van der Waals surface area contributed by atoms with E-state index in [1.54, 1.807) is 21.9 Å². The van der Waals surface area contributed by atoms with Gasteiger partial charge in [0.05, 0.1) is 30.4 Å². The molecule has 0 radical (unpaired) electrons. The second-order valence-electron chi connectivity index (χ2n) is 13.0. The van der Waals surface area contributed by atoms with Crippen LogP contribution in [0.25, 0.3) is 11.4 Å². The molecule has 2 aliphatic rings. The quantitative estimate of drug-likeness (QED) is 0.351. The summed E-state index contributed by atoms with van der Waals surface area (Å²) in [6, 6.07) is 7.93. The molecule has 44 heavy (non-hydrogen) atoms. The number of hydrogen-bond acceptors (Lipinski definition) is 5. The molecule has 2 fully saturated rings. The van der Waals surface area contributed by atoms with Gasteiger partial charge in [-0.3, -0.25) is 0 Å². The molecule has 0 unspecified atom stereocenters. The van der Waals surface area contributed by atoms with Crippen molar-refractivity contribution >= 4 is 6.03 Å². The minimum Gasteiger partial charge on any atom is -0.372 e. The number of nitrogens with zero attached hydrogens (tertiary/aromatic N) is 5. The Kier molecular flexibility index (Phi) is 9.31. The maximum absolute atomic E-state index is 15.1. The highest BCUT2D eigenvalue weighted by Crippen LogP contribution is 2.40. The number of alkyl halides is 1. The van der Waals surface area contributed by atoms with Gasteiger partial charge in [-0.2, -0.15) is 5.10 Å². The smallest absolute Gasteiger partial charge is 0.320 e. The molecule has 3 heterocycles. The van der Waals surface area contributed by atoms with E-state index in [4.69, 9.17) is 9.72 Å². The molecular formula is C32H40F4N6O2. The Labute approximate surface area is 255 Å². The molecule has 1 N–H and O–H groups in total. The van der Waals surface area contributed by atoms with Gasteiger partial charge in [0, 0.05) is 38.6 Å². The largest absolute Gasteiger partial charge is 0.372 e. The fourth-order valence-corrected chi connectivity index (χ4v) is 6.20. The average Bonchev–Trinajstić information content (AvgIpc) is 3.53. The van der Waals surface area contributed by atoms with E-state index in [0.717, 1.165) is 18.2 Å². The Morgan fingerprint density at radius 1 is 1.07 bits per heavy atom. The zero-order chi connectivity index (χ0) is 31.8. The summed E-state index contributed by atoms with van der Waals surface area (Å²) in [6.45, 7) is 11.0. The highest BCUT2D eigenvalue weighted by atomic mass is 19.1. The topological polar surface area (TPSA) is 75.5 Å². The van der Waals surface area contributed by atoms with Crippen LogP contribution < -0.4 is 5.32 Å². The number of morpholine rings is 1. The van der Waals surface area contributed by atoms with Crippen molar-refractivity contribution in [1.29, 1.82) is 0 Å². The lowest BCUT2D eigenvalue weighted by Gasteiger charge is -2.45. The third kappa shape index (κ3) is 7.07. The van der Waals surface area contributed by atoms with Gasteiger partial charge in [0.1, 0.15) is 23.6 Å². The van der Waals surface area contributed by atoms with E-state index in [-0.39, 0.29) is 49.3 Å². The number of halogens is 4. The zero-order valence-corrected chi connectivity index (χ0v) is 25.7. The third-order valence-corrected chi connectivity index (χ3v) is 8.09. The highest BCUT2D eigenvalue weighted by molar-refractivity contribution is 5.75. The summed E-state index contributed by atoms with van der Waals surface area (Å²) in [5, 5.41) is 7.66. The van der Waals surface area contributed by atoms with Crippen LogP contribution in [0.5, 0.6) is 0 Å². The summed E-state index contributed by atoms with van der Waals surface area (Å²) >= 11 is 0. The van der Waals surface area contributed by atoms with Crippen LogP contribution in [0.3, 0.4) is 0 Å². The molecule has 1 aromatic heterocycles. The van der Waals surface area contributed by atoms with Crippen molar-refractivity contribution in [2.45, 2.75) is 65.6 Å². The van der Waals surface area contributed by atoms with Gasteiger partial charge >= 0.3 is 6.03 Å². The van der Waals surface area contributed by atoms with Crippen molar-refractivity contribution in [2.75, 3.05) is 32.7 Å². The lowest BCUT2D eigenvalue weighted by Crippen LogP contribution is -2.56. The van der Waals surface area contributed by atoms with E-state index in [2.05, 4.69) is 10.4 Å². The monoisotopic (exact) mass is 616 g/mol. The van der Waals surface area contributed by atoms with Gasteiger partial charge in [-0.15, -0.1) is 0 Å². The van der Waals surface area contributed by atoms with E-state index in [0.29, 0.717) is 31.0 Å². The predicted octanol–water partition coefficient (Wildman–Crippen LogP) is 5.59. The molecule has 3 aromatic rings. The molecule has 238 valence electrons. The van der Waals surface area contributed by atoms with Crippen molar-refractivity contribution in [3.8, 4) is 11.4 Å². The molecule has 2 amide bonds. The van der Waals surface area contributed by atoms with Crippen LogP contribution in [-0.2, 0) is 11.3 Å². The third-order valence-electron chi connectivity index (χ3n) is 8.09. The first-order valence-electron chi connectivity index (χ1n) is 15.0. The number of carbonyl (C=O) groups is 1. The minimum absolute atomic E-state index is 0.0496. The summed E-state index contributed by atoms with van der Waals surface area (Å²) in [7, 11) is 0. The molecule has 2 saturated heterocycles. The molecule has 0 saturated carbocycles. The number of carbonyl (C=O) groups excluding carboxylic acids is 1. The minimum atomic E-state index is -1.16. The Bertz CT molecular complexity index is 1470. The Balaban J connectivity index is 1.66. The van der Waals surface area contributed by atoms with Crippen molar-refractivity contribution in [3.05, 3.63) is 71.3 Å². The first kappa shape index (κ1) is 31.9. The maximum atomic E-state index is 15.1. The van der Waals surface area contributed by atoms with E-state index >= 15 is 4.39 Å². The second kappa shape index (κ2) is 12.8. The molecule has 2 aromatic carbocycles. The highest BCUT2D eigenvalue weighted by Gasteiger charge is 2.44. The number of aromatic nitrogens is 3. The van der Waals surface area contributed by atoms with Gasteiger partial charge in [0.2, 0.25) is 0 Å². The fourth-order valence-electron chi connectivity index (χ4n) is 6.20. The Morgan fingerprint density at radius 2 is 1.77 bits per heavy atom. The Hall–Kier alpha value is -3.51. The van der Waals surface area contributed by atoms with Crippen molar-refractivity contribution < 1.29 is 27.1 Å². The van der Waals surface area contributed by atoms with Gasteiger partial charge in [0.25, 0.3) is 0 Å². The summed E-state index contributed by atoms with van der Waals surface area (Å²) in [5.41, 5.74) is -0.261. The lowest BCUT2D eigenvalue weighted by molar-refractivity contribution is -0.0620. The molecule has 0 spiro atoms. The van der Waals surface area contributed by atoms with E-state index in [1.165, 1.54) is 16.8 Å². The SMILES string of the molecule is C[C@@H]1CN(C(=O)N(C[C@H]2CNC[C@@H]2F)[C@@H](c2nc(-c3cc(F)ccc3F)nn2Cc2cccc(F)c2)C(C)(C)C)C[C@H](C)O1. The number of ether oxygens (including phenoxy) is 1. The van der Waals surface area contributed by atoms with Crippen molar-refractivity contribution in [3.63, 3.8) is 0 Å². The molecule has 5 atom stereocenters. The van der Waals surface area contributed by atoms with E-state index in [1.807, 2.05) is 34.6 Å². The molecular weight excluding hydrogens is 576 g/mol. The van der Waals surface area contributed by atoms with Gasteiger partial charge in [-0.05, 0) is 55.2 Å². The number of urea groups is 1. The predicted molar refractivity (Wildman–Crippen MR) is 158 cm³/mol.